The number of hydrogen-bond acceptors (Lipinski definition) is 6. The Morgan fingerprint density at radius 1 is 1.43 bits per heavy atom. The van der Waals surface area contributed by atoms with Crippen molar-refractivity contribution in [1.29, 1.82) is 0 Å². The van der Waals surface area contributed by atoms with E-state index in [4.69, 9.17) is 4.42 Å². The lowest BCUT2D eigenvalue weighted by Gasteiger charge is -2.25. The molecule has 0 unspecified atom stereocenters. The van der Waals surface area contributed by atoms with Gasteiger partial charge in [0.25, 0.3) is 5.22 Å². The number of amides is 1. The standard InChI is InChI=1S/C15H18N2O4S2/c1-10(14(18)17(2)11-7-8-23(19,20)9-11)22-15-16-12-5-3-4-6-13(12)21-15/h3-6,10-11H,7-9H2,1-2H3/t10-,11+/m0/s1. The molecule has 2 atom stereocenters. The quantitative estimate of drug-likeness (QED) is 0.781. The Balaban J connectivity index is 1.67. The number of rotatable bonds is 4. The second-order valence-corrected chi connectivity index (χ2v) is 9.23. The number of carbonyl (C=O) groups excluding carboxylic acids is 1. The molecular formula is C15H18N2O4S2. The number of nitrogens with zero attached hydrogens (tertiary/aromatic N) is 2. The molecule has 1 saturated heterocycles. The van der Waals surface area contributed by atoms with Gasteiger partial charge in [-0.15, -0.1) is 0 Å². The summed E-state index contributed by atoms with van der Waals surface area (Å²) in [7, 11) is -1.34. The van der Waals surface area contributed by atoms with Crippen molar-refractivity contribution >= 4 is 38.6 Å². The van der Waals surface area contributed by atoms with Gasteiger partial charge in [-0.05, 0) is 25.5 Å². The van der Waals surface area contributed by atoms with Crippen molar-refractivity contribution in [3.63, 3.8) is 0 Å². The zero-order chi connectivity index (χ0) is 16.6. The van der Waals surface area contributed by atoms with Crippen molar-refractivity contribution in [2.45, 2.75) is 29.9 Å². The molecule has 0 saturated carbocycles. The third-order valence-corrected chi connectivity index (χ3v) is 6.69. The van der Waals surface area contributed by atoms with Crippen LogP contribution in [0.3, 0.4) is 0 Å². The lowest BCUT2D eigenvalue weighted by Crippen LogP contribution is -2.41. The zero-order valence-electron chi connectivity index (χ0n) is 12.9. The van der Waals surface area contributed by atoms with Gasteiger partial charge in [0.2, 0.25) is 5.91 Å². The maximum Gasteiger partial charge on any atom is 0.257 e. The third-order valence-electron chi connectivity index (χ3n) is 4.00. The molecule has 23 heavy (non-hydrogen) atoms. The van der Waals surface area contributed by atoms with Crippen molar-refractivity contribution in [3.8, 4) is 0 Å². The molecule has 0 spiro atoms. The molecule has 0 radical (unpaired) electrons. The first-order chi connectivity index (χ1) is 10.9. The van der Waals surface area contributed by atoms with Crippen LogP contribution in [0.4, 0.5) is 0 Å². The van der Waals surface area contributed by atoms with Crippen LogP contribution in [0.5, 0.6) is 0 Å². The van der Waals surface area contributed by atoms with Crippen LogP contribution in [0, 0.1) is 0 Å². The van der Waals surface area contributed by atoms with Crippen LogP contribution >= 0.6 is 11.8 Å². The Kier molecular flexibility index (Phi) is 4.37. The first-order valence-corrected chi connectivity index (χ1v) is 10.1. The highest BCUT2D eigenvalue weighted by molar-refractivity contribution is 8.00. The number of thioether (sulfide) groups is 1. The lowest BCUT2D eigenvalue weighted by atomic mass is 10.2. The van der Waals surface area contributed by atoms with E-state index in [1.807, 2.05) is 24.3 Å². The van der Waals surface area contributed by atoms with Crippen LogP contribution in [-0.2, 0) is 14.6 Å². The number of para-hydroxylation sites is 2. The molecule has 2 aromatic rings. The van der Waals surface area contributed by atoms with E-state index < -0.39 is 15.1 Å². The lowest BCUT2D eigenvalue weighted by molar-refractivity contribution is -0.130. The minimum Gasteiger partial charge on any atom is -0.431 e. The summed E-state index contributed by atoms with van der Waals surface area (Å²) < 4.78 is 28.7. The molecule has 1 aromatic heterocycles. The summed E-state index contributed by atoms with van der Waals surface area (Å²) in [5.41, 5.74) is 1.44. The smallest absolute Gasteiger partial charge is 0.257 e. The van der Waals surface area contributed by atoms with Gasteiger partial charge in [-0.1, -0.05) is 23.9 Å². The molecule has 8 heteroatoms. The Bertz CT molecular complexity index is 798. The highest BCUT2D eigenvalue weighted by Gasteiger charge is 2.34. The van der Waals surface area contributed by atoms with Crippen LogP contribution in [0.15, 0.2) is 33.9 Å². The van der Waals surface area contributed by atoms with Crippen molar-refractivity contribution < 1.29 is 17.6 Å². The van der Waals surface area contributed by atoms with Crippen LogP contribution in [0.25, 0.3) is 11.1 Å². The summed E-state index contributed by atoms with van der Waals surface area (Å²) in [5, 5.41) is 0.0517. The molecule has 1 amide bonds. The Labute approximate surface area is 139 Å². The molecule has 6 nitrogen and oxygen atoms in total. The first-order valence-electron chi connectivity index (χ1n) is 7.35. The molecule has 0 bridgehead atoms. The van der Waals surface area contributed by atoms with Gasteiger partial charge >= 0.3 is 0 Å². The maximum absolute atomic E-state index is 12.5. The number of oxazole rings is 1. The Morgan fingerprint density at radius 3 is 2.83 bits per heavy atom. The molecule has 3 rings (SSSR count). The van der Waals surface area contributed by atoms with Crippen LogP contribution < -0.4 is 0 Å². The summed E-state index contributed by atoms with van der Waals surface area (Å²) >= 11 is 1.25. The van der Waals surface area contributed by atoms with Crippen LogP contribution in [0.1, 0.15) is 13.3 Å². The van der Waals surface area contributed by atoms with Gasteiger partial charge in [-0.2, -0.15) is 0 Å². The van der Waals surface area contributed by atoms with E-state index in [-0.39, 0.29) is 23.5 Å². The second-order valence-electron chi connectivity index (χ2n) is 5.71. The summed E-state index contributed by atoms with van der Waals surface area (Å²) in [6, 6.07) is 7.19. The Morgan fingerprint density at radius 2 is 2.17 bits per heavy atom. The van der Waals surface area contributed by atoms with Gasteiger partial charge < -0.3 is 9.32 Å². The van der Waals surface area contributed by atoms with Crippen LogP contribution in [-0.4, -0.2) is 54.1 Å². The topological polar surface area (TPSA) is 80.5 Å². The molecule has 0 N–H and O–H groups in total. The molecule has 1 aliphatic heterocycles. The van der Waals surface area contributed by atoms with Gasteiger partial charge in [0, 0.05) is 13.1 Å². The molecule has 124 valence electrons. The molecule has 1 aromatic carbocycles. The predicted molar refractivity (Wildman–Crippen MR) is 89.2 cm³/mol. The fourth-order valence-corrected chi connectivity index (χ4v) is 5.28. The number of aromatic nitrogens is 1. The van der Waals surface area contributed by atoms with Gasteiger partial charge in [0.15, 0.2) is 15.4 Å². The monoisotopic (exact) mass is 354 g/mol. The van der Waals surface area contributed by atoms with Crippen molar-refractivity contribution in [1.82, 2.24) is 9.88 Å². The number of carbonyl (C=O) groups is 1. The highest BCUT2D eigenvalue weighted by atomic mass is 32.2. The predicted octanol–water partition coefficient (Wildman–Crippen LogP) is 1.95. The fraction of sp³-hybridized carbons (Fsp3) is 0.467. The molecular weight excluding hydrogens is 336 g/mol. The second kappa shape index (κ2) is 6.16. The summed E-state index contributed by atoms with van der Waals surface area (Å²) in [6.45, 7) is 1.78. The first kappa shape index (κ1) is 16.3. The number of fused-ring (bicyclic) bond motifs is 1. The average Bonchev–Trinajstić information content (AvgIpc) is 3.07. The Hall–Kier alpha value is -1.54. The normalized spacial score (nSPS) is 21.4. The summed E-state index contributed by atoms with van der Waals surface area (Å²) in [5.74, 6) is 0.0941. The van der Waals surface area contributed by atoms with Gasteiger partial charge in [-0.25, -0.2) is 13.4 Å². The van der Waals surface area contributed by atoms with E-state index in [2.05, 4.69) is 4.98 Å². The van der Waals surface area contributed by atoms with Crippen LogP contribution in [0.2, 0.25) is 0 Å². The molecule has 1 fully saturated rings. The molecule has 0 aliphatic carbocycles. The number of sulfone groups is 1. The van der Waals surface area contributed by atoms with E-state index in [0.29, 0.717) is 17.2 Å². The van der Waals surface area contributed by atoms with E-state index in [0.717, 1.165) is 5.52 Å². The summed E-state index contributed by atoms with van der Waals surface area (Å²) in [6.07, 6.45) is 0.505. The SMILES string of the molecule is C[C@H](Sc1nc2ccccc2o1)C(=O)N(C)[C@@H]1CCS(=O)(=O)C1. The minimum atomic E-state index is -3.01. The summed E-state index contributed by atoms with van der Waals surface area (Å²) in [4.78, 5) is 18.4. The number of hydrogen-bond donors (Lipinski definition) is 0. The van der Waals surface area contributed by atoms with E-state index in [1.54, 1.807) is 18.9 Å². The molecule has 1 aliphatic rings. The van der Waals surface area contributed by atoms with E-state index in [9.17, 15) is 13.2 Å². The maximum atomic E-state index is 12.5. The van der Waals surface area contributed by atoms with Crippen molar-refractivity contribution in [3.05, 3.63) is 24.3 Å². The van der Waals surface area contributed by atoms with E-state index in [1.165, 1.54) is 11.8 Å². The minimum absolute atomic E-state index is 0.0511. The van der Waals surface area contributed by atoms with E-state index >= 15 is 0 Å². The van der Waals surface area contributed by atoms with Crippen molar-refractivity contribution in [2.75, 3.05) is 18.6 Å². The van der Waals surface area contributed by atoms with Gasteiger partial charge in [0.05, 0.1) is 16.8 Å². The molecule has 2 heterocycles. The average molecular weight is 354 g/mol. The fourth-order valence-electron chi connectivity index (χ4n) is 2.65. The number of benzene rings is 1. The zero-order valence-corrected chi connectivity index (χ0v) is 14.6. The highest BCUT2D eigenvalue weighted by Crippen LogP contribution is 2.28. The van der Waals surface area contributed by atoms with Gasteiger partial charge in [-0.3, -0.25) is 4.79 Å². The van der Waals surface area contributed by atoms with Crippen molar-refractivity contribution in [2.24, 2.45) is 0 Å². The third kappa shape index (κ3) is 3.53. The van der Waals surface area contributed by atoms with Gasteiger partial charge in [0.1, 0.15) is 5.52 Å². The largest absolute Gasteiger partial charge is 0.431 e.